The summed E-state index contributed by atoms with van der Waals surface area (Å²) in [6.45, 7) is 7.78. The number of benzene rings is 3. The summed E-state index contributed by atoms with van der Waals surface area (Å²) < 4.78 is 37.5. The van der Waals surface area contributed by atoms with E-state index in [1.165, 1.54) is 19.1 Å². The van der Waals surface area contributed by atoms with Gasteiger partial charge in [-0.15, -0.1) is 0 Å². The van der Waals surface area contributed by atoms with Crippen LogP contribution in [-0.4, -0.2) is 56.6 Å². The Balaban J connectivity index is 1.81. The number of hydrogen-bond acceptors (Lipinski definition) is 8. The molecule has 1 fully saturated rings. The zero-order valence-corrected chi connectivity index (χ0v) is 26.9. The summed E-state index contributed by atoms with van der Waals surface area (Å²) in [6.07, 6.45) is 2.17. The fourth-order valence-corrected chi connectivity index (χ4v) is 6.43. The molecule has 240 valence electrons. The summed E-state index contributed by atoms with van der Waals surface area (Å²) in [5.74, 6) is -0.225. The number of sulfone groups is 1. The molecule has 11 nitrogen and oxygen atoms in total. The molecule has 45 heavy (non-hydrogen) atoms. The molecule has 1 heterocycles. The predicted molar refractivity (Wildman–Crippen MR) is 172 cm³/mol. The van der Waals surface area contributed by atoms with Gasteiger partial charge >= 0.3 is 0 Å². The smallest absolute Gasteiger partial charge is 0.250 e. The number of nitrogens with zero attached hydrogens (tertiary/aromatic N) is 1. The van der Waals surface area contributed by atoms with Gasteiger partial charge in [-0.2, -0.15) is 0 Å². The highest BCUT2D eigenvalue weighted by Gasteiger charge is 2.37. The average molecular weight is 637 g/mol. The Morgan fingerprint density at radius 2 is 1.78 bits per heavy atom. The molecule has 4 rings (SSSR count). The molecule has 2 atom stereocenters. The van der Waals surface area contributed by atoms with Crippen LogP contribution in [0.3, 0.4) is 0 Å². The zero-order valence-electron chi connectivity index (χ0n) is 26.1. The largest absolute Gasteiger partial charge is 0.490 e. The van der Waals surface area contributed by atoms with Crippen molar-refractivity contribution in [1.29, 1.82) is 0 Å². The number of rotatable bonds is 12. The van der Waals surface area contributed by atoms with Crippen LogP contribution >= 0.6 is 0 Å². The van der Waals surface area contributed by atoms with E-state index in [0.29, 0.717) is 60.0 Å². The number of hydrogen-bond donors (Lipinski definition) is 3. The molecule has 0 unspecified atom stereocenters. The zero-order chi connectivity index (χ0) is 32.9. The number of ether oxygens (including phenoxy) is 2. The van der Waals surface area contributed by atoms with Crippen molar-refractivity contribution in [2.45, 2.75) is 63.6 Å². The van der Waals surface area contributed by atoms with Gasteiger partial charge < -0.3 is 30.7 Å². The predicted octanol–water partition coefficient (Wildman–Crippen LogP) is 4.85. The van der Waals surface area contributed by atoms with E-state index in [-0.39, 0.29) is 28.4 Å². The Bertz CT molecular complexity index is 1690. The van der Waals surface area contributed by atoms with Crippen molar-refractivity contribution in [2.75, 3.05) is 30.0 Å². The third-order valence-electron chi connectivity index (χ3n) is 7.29. The SMILES string of the molecule is CCOc1cc([C@@H](Nc2cccc(C(N)=O)c2)C(=O)N2CCC[C@@H]2c2cc(NC(C)=O)ccc2S(C)(=O)=O)ccc1OC(C)C. The summed E-state index contributed by atoms with van der Waals surface area (Å²) in [4.78, 5) is 40.1. The van der Waals surface area contributed by atoms with Crippen molar-refractivity contribution in [3.05, 3.63) is 77.4 Å². The Hall–Kier alpha value is -4.58. The summed E-state index contributed by atoms with van der Waals surface area (Å²) in [5.41, 5.74) is 7.72. The van der Waals surface area contributed by atoms with E-state index in [4.69, 9.17) is 15.2 Å². The van der Waals surface area contributed by atoms with Crippen molar-refractivity contribution in [3.63, 3.8) is 0 Å². The monoisotopic (exact) mass is 636 g/mol. The minimum Gasteiger partial charge on any atom is -0.490 e. The van der Waals surface area contributed by atoms with Gasteiger partial charge in [-0.05, 0) is 93.3 Å². The van der Waals surface area contributed by atoms with Crippen LogP contribution in [0.2, 0.25) is 0 Å². The van der Waals surface area contributed by atoms with Crippen molar-refractivity contribution >= 4 is 38.9 Å². The van der Waals surface area contributed by atoms with Gasteiger partial charge in [-0.25, -0.2) is 8.42 Å². The third-order valence-corrected chi connectivity index (χ3v) is 8.46. The second-order valence-electron chi connectivity index (χ2n) is 11.2. The lowest BCUT2D eigenvalue weighted by Gasteiger charge is -2.31. The lowest BCUT2D eigenvalue weighted by Crippen LogP contribution is -2.38. The molecule has 0 bridgehead atoms. The molecular formula is C33H40N4O7S. The third kappa shape index (κ3) is 8.13. The molecule has 12 heteroatoms. The van der Waals surface area contributed by atoms with Gasteiger partial charge in [-0.3, -0.25) is 14.4 Å². The van der Waals surface area contributed by atoms with Crippen LogP contribution in [-0.2, 0) is 19.4 Å². The van der Waals surface area contributed by atoms with E-state index in [1.807, 2.05) is 20.8 Å². The van der Waals surface area contributed by atoms with Crippen LogP contribution < -0.4 is 25.8 Å². The van der Waals surface area contributed by atoms with Crippen LogP contribution in [0.25, 0.3) is 0 Å². The number of nitrogens with one attached hydrogen (secondary N) is 2. The summed E-state index contributed by atoms with van der Waals surface area (Å²) in [5, 5.41) is 5.99. The molecule has 0 aromatic heterocycles. The first-order chi connectivity index (χ1) is 21.3. The first-order valence-electron chi connectivity index (χ1n) is 14.8. The van der Waals surface area contributed by atoms with Gasteiger partial charge in [0.15, 0.2) is 21.3 Å². The Kier molecular flexibility index (Phi) is 10.4. The molecule has 0 saturated carbocycles. The van der Waals surface area contributed by atoms with Crippen LogP contribution in [0.15, 0.2) is 65.6 Å². The maximum Gasteiger partial charge on any atom is 0.250 e. The lowest BCUT2D eigenvalue weighted by molar-refractivity contribution is -0.133. The molecule has 0 aliphatic carbocycles. The molecule has 3 aromatic carbocycles. The van der Waals surface area contributed by atoms with E-state index in [0.717, 1.165) is 6.26 Å². The van der Waals surface area contributed by atoms with Crippen LogP contribution in [0.4, 0.5) is 11.4 Å². The second kappa shape index (κ2) is 14.0. The minimum absolute atomic E-state index is 0.0915. The van der Waals surface area contributed by atoms with Crippen LogP contribution in [0.1, 0.15) is 74.1 Å². The fourth-order valence-electron chi connectivity index (χ4n) is 5.49. The van der Waals surface area contributed by atoms with Gasteiger partial charge in [0, 0.05) is 36.7 Å². The number of amides is 3. The molecule has 0 spiro atoms. The topological polar surface area (TPSA) is 157 Å². The maximum atomic E-state index is 14.6. The van der Waals surface area contributed by atoms with Gasteiger partial charge in [-0.1, -0.05) is 12.1 Å². The minimum atomic E-state index is -3.67. The molecule has 3 amide bonds. The quantitative estimate of drug-likeness (QED) is 0.255. The van der Waals surface area contributed by atoms with Crippen molar-refractivity contribution in [1.82, 2.24) is 4.90 Å². The molecule has 1 aliphatic rings. The highest BCUT2D eigenvalue weighted by molar-refractivity contribution is 7.90. The number of anilines is 2. The van der Waals surface area contributed by atoms with Crippen LogP contribution in [0.5, 0.6) is 11.5 Å². The number of nitrogens with two attached hydrogens (primary N) is 1. The summed E-state index contributed by atoms with van der Waals surface area (Å²) >= 11 is 0. The van der Waals surface area contributed by atoms with E-state index in [9.17, 15) is 22.8 Å². The summed E-state index contributed by atoms with van der Waals surface area (Å²) in [6, 6.07) is 14.9. The second-order valence-corrected chi connectivity index (χ2v) is 13.2. The summed E-state index contributed by atoms with van der Waals surface area (Å²) in [7, 11) is -3.67. The highest BCUT2D eigenvalue weighted by atomic mass is 32.2. The average Bonchev–Trinajstić information content (AvgIpc) is 3.46. The maximum absolute atomic E-state index is 14.6. The number of carbonyl (C=O) groups is 3. The van der Waals surface area contributed by atoms with E-state index < -0.39 is 27.8 Å². The highest BCUT2D eigenvalue weighted by Crippen LogP contribution is 2.40. The molecular weight excluding hydrogens is 596 g/mol. The molecule has 4 N–H and O–H groups in total. The van der Waals surface area contributed by atoms with Crippen molar-refractivity contribution in [3.8, 4) is 11.5 Å². The molecule has 1 saturated heterocycles. The molecule has 1 aliphatic heterocycles. The Morgan fingerprint density at radius 3 is 2.42 bits per heavy atom. The van der Waals surface area contributed by atoms with Crippen molar-refractivity contribution in [2.24, 2.45) is 5.73 Å². The normalized spacial score (nSPS) is 15.4. The van der Waals surface area contributed by atoms with E-state index in [1.54, 1.807) is 53.4 Å². The first-order valence-corrected chi connectivity index (χ1v) is 16.7. The van der Waals surface area contributed by atoms with Gasteiger partial charge in [0.05, 0.1) is 23.6 Å². The number of primary amides is 1. The Morgan fingerprint density at radius 1 is 1.02 bits per heavy atom. The standard InChI is InChI=1S/C33H40N4O7S/c1-6-43-29-18-22(12-14-28(29)44-20(2)3)31(36-24-10-7-9-23(17-24)32(34)39)33(40)37-16-8-11-27(37)26-19-25(35-21(4)38)13-15-30(26)45(5,41)42/h7,9-10,12-15,17-20,27,31,36H,6,8,11,16H2,1-5H3,(H2,34,39)(H,35,38)/t27-,31-/m1/s1. The fraction of sp³-hybridized carbons (Fsp3) is 0.364. The van der Waals surface area contributed by atoms with Gasteiger partial charge in [0.2, 0.25) is 17.7 Å². The number of likely N-dealkylation sites (tertiary alicyclic amines) is 1. The first kappa shape index (κ1) is 33.3. The Labute approximate surface area is 264 Å². The van der Waals surface area contributed by atoms with E-state index >= 15 is 0 Å². The molecule has 0 radical (unpaired) electrons. The van der Waals surface area contributed by atoms with Gasteiger partial charge in [0.25, 0.3) is 0 Å². The lowest BCUT2D eigenvalue weighted by atomic mass is 10.00. The van der Waals surface area contributed by atoms with Gasteiger partial charge in [0.1, 0.15) is 6.04 Å². The number of carbonyl (C=O) groups excluding carboxylic acids is 3. The van der Waals surface area contributed by atoms with E-state index in [2.05, 4.69) is 10.6 Å². The van der Waals surface area contributed by atoms with Crippen LogP contribution in [0, 0.1) is 0 Å². The molecule has 3 aromatic rings. The van der Waals surface area contributed by atoms with Crippen molar-refractivity contribution < 1.29 is 32.3 Å².